The summed E-state index contributed by atoms with van der Waals surface area (Å²) in [6, 6.07) is 4.58. The molecule has 0 atom stereocenters. The zero-order valence-electron chi connectivity index (χ0n) is 9.84. The standard InChI is InChI=1S/C12H12ClN3O2/c1-2-12-14-5-6-15(12)8-9-7-10(13)3-4-11(9)16(17)18/h3-7H,2,8H2,1H3. The van der Waals surface area contributed by atoms with Gasteiger partial charge in [0.15, 0.2) is 0 Å². The summed E-state index contributed by atoms with van der Waals surface area (Å²) in [5, 5.41) is 11.4. The van der Waals surface area contributed by atoms with Crippen molar-refractivity contribution >= 4 is 17.3 Å². The summed E-state index contributed by atoms with van der Waals surface area (Å²) >= 11 is 5.89. The van der Waals surface area contributed by atoms with E-state index in [0.29, 0.717) is 17.1 Å². The number of hydrogen-bond donors (Lipinski definition) is 0. The summed E-state index contributed by atoms with van der Waals surface area (Å²) in [7, 11) is 0. The Morgan fingerprint density at radius 1 is 1.50 bits per heavy atom. The van der Waals surface area contributed by atoms with Crippen LogP contribution < -0.4 is 0 Å². The van der Waals surface area contributed by atoms with E-state index < -0.39 is 4.92 Å². The molecule has 2 rings (SSSR count). The average molecular weight is 266 g/mol. The largest absolute Gasteiger partial charge is 0.330 e. The van der Waals surface area contributed by atoms with Crippen molar-refractivity contribution in [3.63, 3.8) is 0 Å². The second-order valence-corrected chi connectivity index (χ2v) is 4.29. The lowest BCUT2D eigenvalue weighted by atomic mass is 10.2. The molecule has 0 radical (unpaired) electrons. The van der Waals surface area contributed by atoms with Crippen molar-refractivity contribution in [1.82, 2.24) is 9.55 Å². The summed E-state index contributed by atoms with van der Waals surface area (Å²) in [6.07, 6.45) is 4.28. The van der Waals surface area contributed by atoms with Crippen LogP contribution in [0.1, 0.15) is 18.3 Å². The molecule has 1 aromatic heterocycles. The van der Waals surface area contributed by atoms with Gasteiger partial charge in [-0.2, -0.15) is 0 Å². The molecule has 94 valence electrons. The van der Waals surface area contributed by atoms with Gasteiger partial charge < -0.3 is 4.57 Å². The van der Waals surface area contributed by atoms with E-state index in [-0.39, 0.29) is 5.69 Å². The smallest absolute Gasteiger partial charge is 0.274 e. The lowest BCUT2D eigenvalue weighted by Crippen LogP contribution is -2.05. The highest BCUT2D eigenvalue weighted by Gasteiger charge is 2.15. The highest BCUT2D eigenvalue weighted by molar-refractivity contribution is 6.30. The number of halogens is 1. The summed E-state index contributed by atoms with van der Waals surface area (Å²) < 4.78 is 1.89. The molecule has 2 aromatic rings. The van der Waals surface area contributed by atoms with E-state index in [0.717, 1.165) is 12.2 Å². The fourth-order valence-electron chi connectivity index (χ4n) is 1.84. The van der Waals surface area contributed by atoms with E-state index in [1.165, 1.54) is 12.1 Å². The fraction of sp³-hybridized carbons (Fsp3) is 0.250. The number of nitro groups is 1. The van der Waals surface area contributed by atoms with E-state index >= 15 is 0 Å². The van der Waals surface area contributed by atoms with E-state index in [2.05, 4.69) is 4.98 Å². The van der Waals surface area contributed by atoms with Crippen molar-refractivity contribution < 1.29 is 4.92 Å². The Kier molecular flexibility index (Phi) is 3.62. The molecule has 6 heteroatoms. The SMILES string of the molecule is CCc1nccn1Cc1cc(Cl)ccc1[N+](=O)[O-]. The minimum Gasteiger partial charge on any atom is -0.330 e. The van der Waals surface area contributed by atoms with Crippen LogP contribution in [0.15, 0.2) is 30.6 Å². The van der Waals surface area contributed by atoms with Gasteiger partial charge in [0.05, 0.1) is 17.0 Å². The van der Waals surface area contributed by atoms with Crippen LogP contribution in [0.25, 0.3) is 0 Å². The van der Waals surface area contributed by atoms with Crippen LogP contribution >= 0.6 is 11.6 Å². The number of nitro benzene ring substituents is 1. The van der Waals surface area contributed by atoms with Gasteiger partial charge in [-0.25, -0.2) is 4.98 Å². The number of hydrogen-bond acceptors (Lipinski definition) is 3. The van der Waals surface area contributed by atoms with Crippen molar-refractivity contribution in [3.05, 3.63) is 57.1 Å². The van der Waals surface area contributed by atoms with Crippen molar-refractivity contribution in [2.45, 2.75) is 19.9 Å². The molecular weight excluding hydrogens is 254 g/mol. The van der Waals surface area contributed by atoms with Gasteiger partial charge in [0, 0.05) is 29.9 Å². The first-order chi connectivity index (χ1) is 8.61. The lowest BCUT2D eigenvalue weighted by Gasteiger charge is -2.07. The summed E-state index contributed by atoms with van der Waals surface area (Å²) in [4.78, 5) is 14.7. The normalized spacial score (nSPS) is 10.6. The molecule has 0 saturated heterocycles. The van der Waals surface area contributed by atoms with Crippen LogP contribution in [-0.2, 0) is 13.0 Å². The highest BCUT2D eigenvalue weighted by Crippen LogP contribution is 2.23. The van der Waals surface area contributed by atoms with Crippen LogP contribution in [-0.4, -0.2) is 14.5 Å². The molecule has 18 heavy (non-hydrogen) atoms. The first-order valence-corrected chi connectivity index (χ1v) is 5.92. The Morgan fingerprint density at radius 2 is 2.28 bits per heavy atom. The molecule has 0 amide bonds. The molecule has 1 aromatic carbocycles. The molecule has 0 aliphatic carbocycles. The van der Waals surface area contributed by atoms with Gasteiger partial charge >= 0.3 is 0 Å². The van der Waals surface area contributed by atoms with Crippen LogP contribution in [0.5, 0.6) is 0 Å². The lowest BCUT2D eigenvalue weighted by molar-refractivity contribution is -0.385. The quantitative estimate of drug-likeness (QED) is 0.630. The van der Waals surface area contributed by atoms with Gasteiger partial charge in [-0.05, 0) is 12.1 Å². The maximum Gasteiger partial charge on any atom is 0.274 e. The van der Waals surface area contributed by atoms with Crippen molar-refractivity contribution in [2.24, 2.45) is 0 Å². The van der Waals surface area contributed by atoms with Gasteiger partial charge in [-0.1, -0.05) is 18.5 Å². The maximum atomic E-state index is 11.0. The summed E-state index contributed by atoms with van der Waals surface area (Å²) in [5.74, 6) is 0.893. The van der Waals surface area contributed by atoms with Crippen molar-refractivity contribution in [2.75, 3.05) is 0 Å². The Bertz CT molecular complexity index is 580. The van der Waals surface area contributed by atoms with Crippen LogP contribution in [0, 0.1) is 10.1 Å². The van der Waals surface area contributed by atoms with Crippen LogP contribution in [0.4, 0.5) is 5.69 Å². The molecule has 0 N–H and O–H groups in total. The van der Waals surface area contributed by atoms with E-state index in [9.17, 15) is 10.1 Å². The van der Waals surface area contributed by atoms with Crippen molar-refractivity contribution in [1.29, 1.82) is 0 Å². The number of rotatable bonds is 4. The van der Waals surface area contributed by atoms with Gasteiger partial charge in [0.25, 0.3) is 5.69 Å². The predicted molar refractivity (Wildman–Crippen MR) is 68.8 cm³/mol. The van der Waals surface area contributed by atoms with E-state index in [4.69, 9.17) is 11.6 Å². The number of nitrogens with zero attached hydrogens (tertiary/aromatic N) is 3. The third kappa shape index (κ3) is 2.51. The van der Waals surface area contributed by atoms with E-state index in [1.54, 1.807) is 12.3 Å². The second-order valence-electron chi connectivity index (χ2n) is 3.86. The minimum atomic E-state index is -0.395. The third-order valence-corrected chi connectivity index (χ3v) is 2.93. The Balaban J connectivity index is 2.39. The fourth-order valence-corrected chi connectivity index (χ4v) is 2.04. The van der Waals surface area contributed by atoms with Gasteiger partial charge in [0.2, 0.25) is 0 Å². The summed E-state index contributed by atoms with van der Waals surface area (Å²) in [6.45, 7) is 2.39. The van der Waals surface area contributed by atoms with Gasteiger partial charge in [-0.15, -0.1) is 0 Å². The zero-order chi connectivity index (χ0) is 13.1. The molecule has 0 aliphatic heterocycles. The molecule has 1 heterocycles. The molecule has 0 aliphatic rings. The third-order valence-electron chi connectivity index (χ3n) is 2.70. The number of aromatic nitrogens is 2. The highest BCUT2D eigenvalue weighted by atomic mass is 35.5. The number of imidazole rings is 1. The Labute approximate surface area is 109 Å². The Hall–Kier alpha value is -1.88. The second kappa shape index (κ2) is 5.18. The van der Waals surface area contributed by atoms with Gasteiger partial charge in [-0.3, -0.25) is 10.1 Å². The van der Waals surface area contributed by atoms with Crippen molar-refractivity contribution in [3.8, 4) is 0 Å². The Morgan fingerprint density at radius 3 is 2.94 bits per heavy atom. The topological polar surface area (TPSA) is 61.0 Å². The first kappa shape index (κ1) is 12.6. The van der Waals surface area contributed by atoms with Gasteiger partial charge in [0.1, 0.15) is 5.82 Å². The molecule has 0 bridgehead atoms. The van der Waals surface area contributed by atoms with Crippen LogP contribution in [0.2, 0.25) is 5.02 Å². The number of aryl methyl sites for hydroxylation is 1. The van der Waals surface area contributed by atoms with E-state index in [1.807, 2.05) is 17.7 Å². The zero-order valence-corrected chi connectivity index (χ0v) is 10.6. The summed E-state index contributed by atoms with van der Waals surface area (Å²) in [5.41, 5.74) is 0.662. The monoisotopic (exact) mass is 265 g/mol. The van der Waals surface area contributed by atoms with Crippen LogP contribution in [0.3, 0.4) is 0 Å². The number of benzene rings is 1. The first-order valence-electron chi connectivity index (χ1n) is 5.54. The molecule has 0 saturated carbocycles. The predicted octanol–water partition coefficient (Wildman–Crippen LogP) is 3.06. The molecule has 0 fully saturated rings. The maximum absolute atomic E-state index is 11.0. The average Bonchev–Trinajstić information content (AvgIpc) is 2.76. The molecule has 0 unspecified atom stereocenters. The molecule has 5 nitrogen and oxygen atoms in total. The molecule has 0 spiro atoms. The molecular formula is C12H12ClN3O2. The minimum absolute atomic E-state index is 0.0788.